The molecule has 2 N–H and O–H groups in total. The highest BCUT2D eigenvalue weighted by atomic mass is 15.2. The largest absolute Gasteiger partial charge is 0.373 e. The summed E-state index contributed by atoms with van der Waals surface area (Å²) in [5.74, 6) is 1.91. The van der Waals surface area contributed by atoms with E-state index in [1.165, 1.54) is 51.6 Å². The van der Waals surface area contributed by atoms with Crippen molar-refractivity contribution in [2.75, 3.05) is 43.4 Å². The molecule has 1 unspecified atom stereocenters. The Hall–Kier alpha value is -1.62. The van der Waals surface area contributed by atoms with E-state index >= 15 is 0 Å². The van der Waals surface area contributed by atoms with Crippen LogP contribution < -0.4 is 10.2 Å². The van der Waals surface area contributed by atoms with E-state index in [0.29, 0.717) is 11.8 Å². The third-order valence-corrected chi connectivity index (χ3v) is 5.95. The third-order valence-electron chi connectivity index (χ3n) is 5.95. The molecule has 0 aliphatic carbocycles. The van der Waals surface area contributed by atoms with Crippen LogP contribution in [0.5, 0.6) is 0 Å². The van der Waals surface area contributed by atoms with Gasteiger partial charge in [-0.1, -0.05) is 12.8 Å². The minimum absolute atomic E-state index is 0.570. The first-order chi connectivity index (χ1) is 12.7. The van der Waals surface area contributed by atoms with Crippen LogP contribution in [-0.2, 0) is 0 Å². The molecule has 5 heteroatoms. The maximum absolute atomic E-state index is 8.58. The summed E-state index contributed by atoms with van der Waals surface area (Å²) in [5, 5.41) is 11.8. The Bertz CT molecular complexity index is 586. The molecule has 3 rings (SSSR count). The molecule has 1 atom stereocenters. The standard InChI is InChI=1S/C21H35N5/c1-17(25-13-7-8-14-25)9-11-19(22)18-10-12-20(24-21(18)23-2)26-15-5-3-4-6-16-26/h10,12,17,22H,3-9,11,13-16H2,1-2H3,(H,23,24). The summed E-state index contributed by atoms with van der Waals surface area (Å²) < 4.78 is 0. The average molecular weight is 358 g/mol. The van der Waals surface area contributed by atoms with Crippen LogP contribution >= 0.6 is 0 Å². The van der Waals surface area contributed by atoms with E-state index in [-0.39, 0.29) is 0 Å². The minimum Gasteiger partial charge on any atom is -0.373 e. The van der Waals surface area contributed by atoms with Crippen molar-refractivity contribution in [2.24, 2.45) is 0 Å². The number of likely N-dealkylation sites (tertiary alicyclic amines) is 1. The molecule has 2 aliphatic heterocycles. The molecule has 0 saturated carbocycles. The summed E-state index contributed by atoms with van der Waals surface area (Å²) >= 11 is 0. The summed E-state index contributed by atoms with van der Waals surface area (Å²) in [4.78, 5) is 9.81. The molecule has 0 bridgehead atoms. The van der Waals surface area contributed by atoms with Crippen LogP contribution in [0.2, 0.25) is 0 Å². The Morgan fingerprint density at radius 2 is 1.73 bits per heavy atom. The van der Waals surface area contributed by atoms with Gasteiger partial charge in [-0.05, 0) is 70.7 Å². The zero-order valence-corrected chi connectivity index (χ0v) is 16.6. The van der Waals surface area contributed by atoms with Gasteiger partial charge in [-0.3, -0.25) is 0 Å². The Balaban J connectivity index is 1.63. The zero-order chi connectivity index (χ0) is 18.4. The topological polar surface area (TPSA) is 55.3 Å². The monoisotopic (exact) mass is 357 g/mol. The third kappa shape index (κ3) is 4.76. The van der Waals surface area contributed by atoms with E-state index in [0.717, 1.165) is 43.1 Å². The number of aromatic nitrogens is 1. The summed E-state index contributed by atoms with van der Waals surface area (Å²) in [6, 6.07) is 4.78. The van der Waals surface area contributed by atoms with Crippen LogP contribution in [0, 0.1) is 5.41 Å². The van der Waals surface area contributed by atoms with Crippen molar-refractivity contribution in [3.63, 3.8) is 0 Å². The van der Waals surface area contributed by atoms with Crippen molar-refractivity contribution in [2.45, 2.75) is 64.3 Å². The molecule has 0 aromatic carbocycles. The fourth-order valence-electron chi connectivity index (χ4n) is 4.21. The van der Waals surface area contributed by atoms with E-state index < -0.39 is 0 Å². The molecular weight excluding hydrogens is 322 g/mol. The first-order valence-corrected chi connectivity index (χ1v) is 10.4. The summed E-state index contributed by atoms with van der Waals surface area (Å²) in [6.45, 7) is 6.95. The number of hydrogen-bond acceptors (Lipinski definition) is 5. The zero-order valence-electron chi connectivity index (χ0n) is 16.6. The molecule has 5 nitrogen and oxygen atoms in total. The van der Waals surface area contributed by atoms with Gasteiger partial charge in [-0.15, -0.1) is 0 Å². The molecule has 26 heavy (non-hydrogen) atoms. The van der Waals surface area contributed by atoms with Crippen molar-refractivity contribution in [1.82, 2.24) is 9.88 Å². The molecule has 144 valence electrons. The highest BCUT2D eigenvalue weighted by Crippen LogP contribution is 2.24. The lowest BCUT2D eigenvalue weighted by atomic mass is 10.0. The lowest BCUT2D eigenvalue weighted by Crippen LogP contribution is -2.30. The second-order valence-electron chi connectivity index (χ2n) is 7.83. The van der Waals surface area contributed by atoms with E-state index in [1.54, 1.807) is 0 Å². The molecule has 1 aromatic heterocycles. The number of hydrogen-bond donors (Lipinski definition) is 2. The summed E-state index contributed by atoms with van der Waals surface area (Å²) in [5.41, 5.74) is 1.66. The highest BCUT2D eigenvalue weighted by molar-refractivity contribution is 6.02. The number of nitrogens with one attached hydrogen (secondary N) is 2. The van der Waals surface area contributed by atoms with Crippen molar-refractivity contribution in [3.05, 3.63) is 17.7 Å². The molecular formula is C21H35N5. The Labute approximate surface area is 158 Å². The number of nitrogens with zero attached hydrogens (tertiary/aromatic N) is 3. The number of rotatable bonds is 7. The minimum atomic E-state index is 0.570. The second kappa shape index (κ2) is 9.36. The second-order valence-corrected chi connectivity index (χ2v) is 7.83. The van der Waals surface area contributed by atoms with E-state index in [2.05, 4.69) is 34.2 Å². The number of pyridine rings is 1. The molecule has 3 heterocycles. The molecule has 2 saturated heterocycles. The SMILES string of the molecule is CNc1nc(N2CCCCCC2)ccc1C(=N)CCC(C)N1CCCC1. The van der Waals surface area contributed by atoms with Gasteiger partial charge in [0.05, 0.1) is 0 Å². The Kier molecular flexibility index (Phi) is 6.89. The van der Waals surface area contributed by atoms with E-state index in [9.17, 15) is 0 Å². The van der Waals surface area contributed by atoms with Crippen LogP contribution in [0.3, 0.4) is 0 Å². The van der Waals surface area contributed by atoms with Crippen LogP contribution in [0.25, 0.3) is 0 Å². The normalized spacial score (nSPS) is 20.0. The maximum Gasteiger partial charge on any atom is 0.137 e. The van der Waals surface area contributed by atoms with Gasteiger partial charge in [0.2, 0.25) is 0 Å². The van der Waals surface area contributed by atoms with Crippen LogP contribution in [0.1, 0.15) is 63.9 Å². The van der Waals surface area contributed by atoms with Crippen LogP contribution in [0.15, 0.2) is 12.1 Å². The smallest absolute Gasteiger partial charge is 0.137 e. The summed E-state index contributed by atoms with van der Waals surface area (Å²) in [7, 11) is 1.91. The van der Waals surface area contributed by atoms with Crippen LogP contribution in [-0.4, -0.2) is 54.9 Å². The summed E-state index contributed by atoms with van der Waals surface area (Å²) in [6.07, 6.45) is 9.68. The van der Waals surface area contributed by atoms with Crippen molar-refractivity contribution in [3.8, 4) is 0 Å². The van der Waals surface area contributed by atoms with Gasteiger partial charge in [0, 0.05) is 37.5 Å². The molecule has 0 spiro atoms. The predicted octanol–water partition coefficient (Wildman–Crippen LogP) is 4.14. The highest BCUT2D eigenvalue weighted by Gasteiger charge is 2.19. The molecule has 2 aliphatic rings. The Morgan fingerprint density at radius 1 is 1.08 bits per heavy atom. The maximum atomic E-state index is 8.58. The molecule has 1 aromatic rings. The van der Waals surface area contributed by atoms with Gasteiger partial charge in [-0.25, -0.2) is 4.98 Å². The lowest BCUT2D eigenvalue weighted by molar-refractivity contribution is 0.249. The Morgan fingerprint density at radius 3 is 2.38 bits per heavy atom. The van der Waals surface area contributed by atoms with Gasteiger partial charge in [0.1, 0.15) is 11.6 Å². The van der Waals surface area contributed by atoms with E-state index in [1.807, 2.05) is 7.05 Å². The number of anilines is 2. The predicted molar refractivity (Wildman–Crippen MR) is 111 cm³/mol. The fourth-order valence-corrected chi connectivity index (χ4v) is 4.21. The molecule has 0 amide bonds. The lowest BCUT2D eigenvalue weighted by Gasteiger charge is -2.24. The van der Waals surface area contributed by atoms with Crippen molar-refractivity contribution >= 4 is 17.3 Å². The molecule has 0 radical (unpaired) electrons. The first-order valence-electron chi connectivity index (χ1n) is 10.4. The fraction of sp³-hybridized carbons (Fsp3) is 0.714. The molecule has 2 fully saturated rings. The van der Waals surface area contributed by atoms with Gasteiger partial charge >= 0.3 is 0 Å². The van der Waals surface area contributed by atoms with Crippen molar-refractivity contribution in [1.29, 1.82) is 5.41 Å². The van der Waals surface area contributed by atoms with Gasteiger partial charge < -0.3 is 20.5 Å². The van der Waals surface area contributed by atoms with Crippen LogP contribution in [0.4, 0.5) is 11.6 Å². The van der Waals surface area contributed by atoms with Gasteiger partial charge in [-0.2, -0.15) is 0 Å². The van der Waals surface area contributed by atoms with E-state index in [4.69, 9.17) is 10.4 Å². The average Bonchev–Trinajstić information content (AvgIpc) is 3.08. The van der Waals surface area contributed by atoms with Gasteiger partial charge in [0.25, 0.3) is 0 Å². The van der Waals surface area contributed by atoms with Crippen molar-refractivity contribution < 1.29 is 0 Å². The van der Waals surface area contributed by atoms with Gasteiger partial charge in [0.15, 0.2) is 0 Å². The first kappa shape index (κ1) is 19.2. The quantitative estimate of drug-likeness (QED) is 0.720.